The highest BCUT2D eigenvalue weighted by Crippen LogP contribution is 2.20. The lowest BCUT2D eigenvalue weighted by Gasteiger charge is -2.06. The molecule has 3 rings (SSSR count). The van der Waals surface area contributed by atoms with Crippen LogP contribution in [-0.2, 0) is 18.8 Å². The van der Waals surface area contributed by atoms with Gasteiger partial charge >= 0.3 is 0 Å². The van der Waals surface area contributed by atoms with Crippen molar-refractivity contribution in [2.75, 3.05) is 0 Å². The first kappa shape index (κ1) is 13.1. The minimum Gasteiger partial charge on any atom is -0.311 e. The molecule has 0 N–H and O–H groups in total. The van der Waals surface area contributed by atoms with Crippen LogP contribution in [0.4, 0.5) is 0 Å². The molecule has 0 aliphatic rings. The summed E-state index contributed by atoms with van der Waals surface area (Å²) in [5, 5.41) is 4.27. The second kappa shape index (κ2) is 5.61. The van der Waals surface area contributed by atoms with Gasteiger partial charge in [-0.05, 0) is 50.8 Å². The molecule has 19 heavy (non-hydrogen) atoms. The van der Waals surface area contributed by atoms with E-state index in [2.05, 4.69) is 47.3 Å². The Kier molecular flexibility index (Phi) is 3.86. The van der Waals surface area contributed by atoms with E-state index in [-0.39, 0.29) is 0 Å². The van der Waals surface area contributed by atoms with E-state index in [1.807, 2.05) is 6.07 Å². The molecule has 6 heteroatoms. The number of aromatic nitrogens is 3. The number of halogens is 2. The summed E-state index contributed by atoms with van der Waals surface area (Å²) in [4.78, 5) is 8.98. The Bertz CT molecular complexity index is 693. The van der Waals surface area contributed by atoms with E-state index in [9.17, 15) is 0 Å². The van der Waals surface area contributed by atoms with E-state index in [0.29, 0.717) is 5.88 Å². The molecule has 0 atom stereocenters. The standard InChI is InChI=1S/C13H11BrClN3S/c14-10-5-11-13(16-7-10)18(12(6-15)17-11)3-1-9-2-4-19-8-9/h2,4-5,7-8H,1,3,6H2. The molecule has 3 aromatic rings. The molecule has 3 nitrogen and oxygen atoms in total. The van der Waals surface area contributed by atoms with Gasteiger partial charge in [0.25, 0.3) is 0 Å². The first-order valence-corrected chi connectivity index (χ1v) is 8.12. The van der Waals surface area contributed by atoms with E-state index in [1.54, 1.807) is 17.5 Å². The van der Waals surface area contributed by atoms with Crippen LogP contribution in [0.3, 0.4) is 0 Å². The first-order chi connectivity index (χ1) is 9.28. The summed E-state index contributed by atoms with van der Waals surface area (Å²) in [6.07, 6.45) is 2.76. The lowest BCUT2D eigenvalue weighted by molar-refractivity contribution is 0.683. The van der Waals surface area contributed by atoms with Gasteiger partial charge in [-0.25, -0.2) is 9.97 Å². The second-order valence-corrected chi connectivity index (χ2v) is 6.15. The van der Waals surface area contributed by atoms with Crippen LogP contribution in [0.5, 0.6) is 0 Å². The van der Waals surface area contributed by atoms with Crippen LogP contribution in [-0.4, -0.2) is 14.5 Å². The molecule has 0 aromatic carbocycles. The third-order valence-electron chi connectivity index (χ3n) is 2.95. The maximum Gasteiger partial charge on any atom is 0.160 e. The molecule has 0 amide bonds. The van der Waals surface area contributed by atoms with Crippen molar-refractivity contribution in [3.8, 4) is 0 Å². The number of alkyl halides is 1. The summed E-state index contributed by atoms with van der Waals surface area (Å²) < 4.78 is 3.04. The van der Waals surface area contributed by atoms with Crippen molar-refractivity contribution in [2.24, 2.45) is 0 Å². The molecule has 3 aromatic heterocycles. The maximum absolute atomic E-state index is 5.98. The molecule has 0 aliphatic carbocycles. The predicted octanol–water partition coefficient (Wildman–Crippen LogP) is 4.24. The highest BCUT2D eigenvalue weighted by atomic mass is 79.9. The topological polar surface area (TPSA) is 30.7 Å². The van der Waals surface area contributed by atoms with Crippen LogP contribution in [0, 0.1) is 0 Å². The zero-order valence-corrected chi connectivity index (χ0v) is 13.2. The molecule has 0 saturated heterocycles. The fourth-order valence-corrected chi connectivity index (χ4v) is 3.27. The molecular weight excluding hydrogens is 346 g/mol. The Morgan fingerprint density at radius 2 is 2.32 bits per heavy atom. The zero-order chi connectivity index (χ0) is 13.2. The van der Waals surface area contributed by atoms with Gasteiger partial charge in [0, 0.05) is 17.2 Å². The molecule has 0 unspecified atom stereocenters. The number of nitrogens with zero attached hydrogens (tertiary/aromatic N) is 3. The van der Waals surface area contributed by atoms with Gasteiger partial charge in [-0.15, -0.1) is 11.6 Å². The Hall–Kier alpha value is -0.910. The maximum atomic E-state index is 5.98. The smallest absolute Gasteiger partial charge is 0.160 e. The SMILES string of the molecule is ClCc1nc2cc(Br)cnc2n1CCc1ccsc1. The van der Waals surface area contributed by atoms with Crippen LogP contribution in [0.25, 0.3) is 11.2 Å². The summed E-state index contributed by atoms with van der Waals surface area (Å²) in [6.45, 7) is 0.851. The quantitative estimate of drug-likeness (QED) is 0.655. The van der Waals surface area contributed by atoms with Crippen LogP contribution in [0.1, 0.15) is 11.4 Å². The molecule has 0 spiro atoms. The lowest BCUT2D eigenvalue weighted by atomic mass is 10.2. The van der Waals surface area contributed by atoms with Gasteiger partial charge in [-0.2, -0.15) is 11.3 Å². The highest BCUT2D eigenvalue weighted by Gasteiger charge is 2.11. The number of hydrogen-bond acceptors (Lipinski definition) is 3. The van der Waals surface area contributed by atoms with Gasteiger partial charge in [-0.1, -0.05) is 0 Å². The van der Waals surface area contributed by atoms with Crippen molar-refractivity contribution in [1.29, 1.82) is 0 Å². The molecular formula is C13H11BrClN3S. The number of aryl methyl sites for hydroxylation is 2. The normalized spacial score (nSPS) is 11.3. The van der Waals surface area contributed by atoms with Crippen molar-refractivity contribution in [2.45, 2.75) is 18.8 Å². The number of thiophene rings is 1. The van der Waals surface area contributed by atoms with Gasteiger partial charge in [0.15, 0.2) is 5.65 Å². The average molecular weight is 357 g/mol. The van der Waals surface area contributed by atoms with Crippen molar-refractivity contribution in [1.82, 2.24) is 14.5 Å². The molecule has 0 bridgehead atoms. The summed E-state index contributed by atoms with van der Waals surface area (Å²) in [6, 6.07) is 4.12. The molecule has 0 fully saturated rings. The number of imidazole rings is 1. The van der Waals surface area contributed by atoms with Gasteiger partial charge in [0.2, 0.25) is 0 Å². The van der Waals surface area contributed by atoms with E-state index in [1.165, 1.54) is 5.56 Å². The number of rotatable bonds is 4. The van der Waals surface area contributed by atoms with Crippen LogP contribution in [0.2, 0.25) is 0 Å². The molecule has 0 aliphatic heterocycles. The predicted molar refractivity (Wildman–Crippen MR) is 82.8 cm³/mol. The minimum atomic E-state index is 0.400. The van der Waals surface area contributed by atoms with E-state index >= 15 is 0 Å². The van der Waals surface area contributed by atoms with Crippen molar-refractivity contribution < 1.29 is 0 Å². The summed E-state index contributed by atoms with van der Waals surface area (Å²) in [7, 11) is 0. The monoisotopic (exact) mass is 355 g/mol. The van der Waals surface area contributed by atoms with E-state index < -0.39 is 0 Å². The largest absolute Gasteiger partial charge is 0.311 e. The number of fused-ring (bicyclic) bond motifs is 1. The highest BCUT2D eigenvalue weighted by molar-refractivity contribution is 9.10. The lowest BCUT2D eigenvalue weighted by Crippen LogP contribution is -2.05. The van der Waals surface area contributed by atoms with Gasteiger partial charge in [-0.3, -0.25) is 0 Å². The van der Waals surface area contributed by atoms with E-state index in [4.69, 9.17) is 11.6 Å². The number of pyridine rings is 1. The van der Waals surface area contributed by atoms with Gasteiger partial charge in [0.05, 0.1) is 5.88 Å². The van der Waals surface area contributed by atoms with Crippen molar-refractivity contribution >= 4 is 50.0 Å². The van der Waals surface area contributed by atoms with Crippen LogP contribution >= 0.6 is 38.9 Å². The van der Waals surface area contributed by atoms with Gasteiger partial charge < -0.3 is 4.57 Å². The fraction of sp³-hybridized carbons (Fsp3) is 0.231. The van der Waals surface area contributed by atoms with Crippen molar-refractivity contribution in [3.05, 3.63) is 45.0 Å². The van der Waals surface area contributed by atoms with Crippen molar-refractivity contribution in [3.63, 3.8) is 0 Å². The molecule has 0 radical (unpaired) electrons. The van der Waals surface area contributed by atoms with Gasteiger partial charge in [0.1, 0.15) is 11.3 Å². The van der Waals surface area contributed by atoms with Crippen LogP contribution in [0.15, 0.2) is 33.6 Å². The Labute approximate surface area is 128 Å². The molecule has 0 saturated carbocycles. The number of hydrogen-bond donors (Lipinski definition) is 0. The van der Waals surface area contributed by atoms with Crippen LogP contribution < -0.4 is 0 Å². The first-order valence-electron chi connectivity index (χ1n) is 5.85. The zero-order valence-electron chi connectivity index (χ0n) is 10.0. The summed E-state index contributed by atoms with van der Waals surface area (Å²) >= 11 is 11.1. The summed E-state index contributed by atoms with van der Waals surface area (Å²) in [5.41, 5.74) is 3.12. The second-order valence-electron chi connectivity index (χ2n) is 4.19. The van der Waals surface area contributed by atoms with E-state index in [0.717, 1.165) is 34.4 Å². The molecule has 98 valence electrons. The Balaban J connectivity index is 1.96. The minimum absolute atomic E-state index is 0.400. The fourth-order valence-electron chi connectivity index (χ4n) is 2.05. The Morgan fingerprint density at radius 1 is 1.42 bits per heavy atom. The molecule has 3 heterocycles. The summed E-state index contributed by atoms with van der Waals surface area (Å²) in [5.74, 6) is 1.27. The third-order valence-corrected chi connectivity index (χ3v) is 4.36. The average Bonchev–Trinajstić information content (AvgIpc) is 3.02. The third kappa shape index (κ3) is 2.68. The Morgan fingerprint density at radius 3 is 3.05 bits per heavy atom.